The van der Waals surface area contributed by atoms with Crippen LogP contribution in [0.4, 0.5) is 0 Å². The Bertz CT molecular complexity index is 370. The number of carboxylic acid groups (broad SMARTS) is 1. The molecule has 0 radical (unpaired) electrons. The van der Waals surface area contributed by atoms with E-state index in [4.69, 9.17) is 4.74 Å². The van der Waals surface area contributed by atoms with Gasteiger partial charge in [0.05, 0.1) is 12.6 Å². The molecule has 0 N–H and O–H groups in total. The fraction of sp³-hybridized carbons (Fsp3) is 0.588. The summed E-state index contributed by atoms with van der Waals surface area (Å²) in [4.78, 5) is 10.6. The van der Waals surface area contributed by atoms with Gasteiger partial charge in [-0.25, -0.2) is 0 Å². The second-order valence-electron chi connectivity index (χ2n) is 5.14. The summed E-state index contributed by atoms with van der Waals surface area (Å²) >= 11 is 0. The quantitative estimate of drug-likeness (QED) is 0.581. The maximum absolute atomic E-state index is 10.6. The van der Waals surface area contributed by atoms with Crippen LogP contribution < -0.4 is 9.84 Å². The highest BCUT2D eigenvalue weighted by Crippen LogP contribution is 2.13. The van der Waals surface area contributed by atoms with Crippen LogP contribution in [0.25, 0.3) is 0 Å². The van der Waals surface area contributed by atoms with E-state index >= 15 is 0 Å². The molecule has 0 aliphatic heterocycles. The number of carbonyl (C=O) groups is 1. The number of hydrogen-bond acceptors (Lipinski definition) is 3. The number of hydrogen-bond donors (Lipinski definition) is 0. The van der Waals surface area contributed by atoms with Crippen molar-refractivity contribution in [2.75, 3.05) is 6.61 Å². The van der Waals surface area contributed by atoms with Crippen molar-refractivity contribution in [2.45, 2.75) is 58.3 Å². The van der Waals surface area contributed by atoms with Crippen molar-refractivity contribution in [3.63, 3.8) is 0 Å². The number of carbonyl (C=O) groups excluding carboxylic acids is 1. The normalized spacial score (nSPS) is 10.4. The van der Waals surface area contributed by atoms with Gasteiger partial charge in [-0.05, 0) is 36.2 Å². The second kappa shape index (κ2) is 10.3. The standard InChI is InChI=1S/C17H26O3/c1-2-3-4-5-6-7-8-9-14-20-16-12-10-15(11-13-16)17(18)19/h10-13H,2-9,14H2,1H3,(H,18,19)/p-1. The smallest absolute Gasteiger partial charge is 0.119 e. The fourth-order valence-corrected chi connectivity index (χ4v) is 2.11. The van der Waals surface area contributed by atoms with Gasteiger partial charge in [0.1, 0.15) is 5.75 Å². The molecule has 1 aromatic carbocycles. The lowest BCUT2D eigenvalue weighted by atomic mass is 10.1. The molecule has 0 spiro atoms. The maximum atomic E-state index is 10.6. The zero-order chi connectivity index (χ0) is 14.6. The lowest BCUT2D eigenvalue weighted by Gasteiger charge is -2.07. The molecule has 0 aliphatic carbocycles. The zero-order valence-corrected chi connectivity index (χ0v) is 12.4. The van der Waals surface area contributed by atoms with E-state index in [0.717, 1.165) is 12.2 Å². The van der Waals surface area contributed by atoms with Crippen LogP contribution in [0.2, 0.25) is 0 Å². The minimum atomic E-state index is -1.15. The van der Waals surface area contributed by atoms with Crippen LogP contribution in [0.5, 0.6) is 5.75 Å². The first-order valence-corrected chi connectivity index (χ1v) is 7.68. The van der Waals surface area contributed by atoms with E-state index in [0.29, 0.717) is 6.61 Å². The van der Waals surface area contributed by atoms with E-state index in [2.05, 4.69) is 6.92 Å². The molecular weight excluding hydrogens is 252 g/mol. The first-order valence-electron chi connectivity index (χ1n) is 7.68. The molecule has 3 heteroatoms. The predicted molar refractivity (Wildman–Crippen MR) is 78.9 cm³/mol. The first kappa shape index (κ1) is 16.5. The Morgan fingerprint density at radius 1 is 0.950 bits per heavy atom. The van der Waals surface area contributed by atoms with E-state index in [-0.39, 0.29) is 5.56 Å². The number of ether oxygens (including phenoxy) is 1. The first-order chi connectivity index (χ1) is 9.74. The van der Waals surface area contributed by atoms with Crippen molar-refractivity contribution in [1.82, 2.24) is 0 Å². The summed E-state index contributed by atoms with van der Waals surface area (Å²) in [7, 11) is 0. The number of benzene rings is 1. The number of aromatic carboxylic acids is 1. The fourth-order valence-electron chi connectivity index (χ4n) is 2.11. The van der Waals surface area contributed by atoms with Crippen LogP contribution in [0.3, 0.4) is 0 Å². The van der Waals surface area contributed by atoms with Crippen molar-refractivity contribution >= 4 is 5.97 Å². The van der Waals surface area contributed by atoms with E-state index in [1.807, 2.05) is 0 Å². The van der Waals surface area contributed by atoms with Gasteiger partial charge in [0.25, 0.3) is 0 Å². The molecule has 0 amide bonds. The largest absolute Gasteiger partial charge is 0.545 e. The van der Waals surface area contributed by atoms with E-state index in [1.54, 1.807) is 12.1 Å². The van der Waals surface area contributed by atoms with E-state index in [9.17, 15) is 9.90 Å². The topological polar surface area (TPSA) is 49.4 Å². The van der Waals surface area contributed by atoms with Gasteiger partial charge in [0.15, 0.2) is 0 Å². The second-order valence-corrected chi connectivity index (χ2v) is 5.14. The van der Waals surface area contributed by atoms with Crippen molar-refractivity contribution in [3.05, 3.63) is 29.8 Å². The Kier molecular flexibility index (Phi) is 8.52. The van der Waals surface area contributed by atoms with Crippen LogP contribution in [-0.2, 0) is 0 Å². The molecule has 0 atom stereocenters. The SMILES string of the molecule is CCCCCCCCCCOc1ccc(C(=O)[O-])cc1. The summed E-state index contributed by atoms with van der Waals surface area (Å²) in [5, 5.41) is 10.6. The van der Waals surface area contributed by atoms with E-state index in [1.165, 1.54) is 57.1 Å². The molecule has 3 nitrogen and oxygen atoms in total. The Morgan fingerprint density at radius 2 is 1.50 bits per heavy atom. The Balaban J connectivity index is 2.02. The summed E-state index contributed by atoms with van der Waals surface area (Å²) in [6.45, 7) is 2.93. The predicted octanol–water partition coefficient (Wildman–Crippen LogP) is 3.57. The van der Waals surface area contributed by atoms with Gasteiger partial charge in [-0.15, -0.1) is 0 Å². The highest BCUT2D eigenvalue weighted by atomic mass is 16.5. The van der Waals surface area contributed by atoms with Crippen LogP contribution >= 0.6 is 0 Å². The lowest BCUT2D eigenvalue weighted by Crippen LogP contribution is -2.21. The van der Waals surface area contributed by atoms with Gasteiger partial charge in [-0.2, -0.15) is 0 Å². The van der Waals surface area contributed by atoms with Crippen LogP contribution in [0, 0.1) is 0 Å². The zero-order valence-electron chi connectivity index (χ0n) is 12.4. The Hall–Kier alpha value is -1.51. The van der Waals surface area contributed by atoms with Gasteiger partial charge >= 0.3 is 0 Å². The van der Waals surface area contributed by atoms with Gasteiger partial charge in [-0.3, -0.25) is 0 Å². The molecule has 1 aromatic rings. The number of carboxylic acids is 1. The summed E-state index contributed by atoms with van der Waals surface area (Å²) in [5.74, 6) is -0.433. The Morgan fingerprint density at radius 3 is 2.05 bits per heavy atom. The van der Waals surface area contributed by atoms with Crippen molar-refractivity contribution in [1.29, 1.82) is 0 Å². The van der Waals surface area contributed by atoms with Crippen LogP contribution in [-0.4, -0.2) is 12.6 Å². The van der Waals surface area contributed by atoms with Crippen LogP contribution in [0.15, 0.2) is 24.3 Å². The van der Waals surface area contributed by atoms with Crippen molar-refractivity contribution in [2.24, 2.45) is 0 Å². The maximum Gasteiger partial charge on any atom is 0.119 e. The third-order valence-corrected chi connectivity index (χ3v) is 3.36. The average Bonchev–Trinajstić information content (AvgIpc) is 2.46. The van der Waals surface area contributed by atoms with E-state index < -0.39 is 5.97 Å². The number of rotatable bonds is 11. The minimum Gasteiger partial charge on any atom is -0.545 e. The summed E-state index contributed by atoms with van der Waals surface area (Å²) < 4.78 is 5.57. The molecule has 112 valence electrons. The number of unbranched alkanes of at least 4 members (excludes halogenated alkanes) is 7. The molecule has 0 fully saturated rings. The molecule has 0 bridgehead atoms. The van der Waals surface area contributed by atoms with Gasteiger partial charge in [-0.1, -0.05) is 51.9 Å². The summed E-state index contributed by atoms with van der Waals surface area (Å²) in [6, 6.07) is 6.38. The molecular formula is C17H25O3-. The molecule has 0 heterocycles. The summed E-state index contributed by atoms with van der Waals surface area (Å²) in [5.41, 5.74) is 0.185. The highest BCUT2D eigenvalue weighted by molar-refractivity contribution is 5.85. The molecule has 20 heavy (non-hydrogen) atoms. The van der Waals surface area contributed by atoms with Crippen LogP contribution in [0.1, 0.15) is 68.6 Å². The van der Waals surface area contributed by atoms with Crippen molar-refractivity contribution in [3.8, 4) is 5.75 Å². The minimum absolute atomic E-state index is 0.185. The molecule has 0 saturated heterocycles. The molecule has 0 saturated carbocycles. The lowest BCUT2D eigenvalue weighted by molar-refractivity contribution is -0.255. The highest BCUT2D eigenvalue weighted by Gasteiger charge is 1.96. The average molecular weight is 277 g/mol. The van der Waals surface area contributed by atoms with Crippen molar-refractivity contribution < 1.29 is 14.6 Å². The summed E-state index contributed by atoms with van der Waals surface area (Å²) in [6.07, 6.45) is 10.2. The monoisotopic (exact) mass is 277 g/mol. The molecule has 0 aliphatic rings. The van der Waals surface area contributed by atoms with Gasteiger partial charge in [0, 0.05) is 0 Å². The molecule has 0 aromatic heterocycles. The third kappa shape index (κ3) is 7.17. The molecule has 0 unspecified atom stereocenters. The Labute approximate surface area is 122 Å². The van der Waals surface area contributed by atoms with Gasteiger partial charge in [0.2, 0.25) is 0 Å². The third-order valence-electron chi connectivity index (χ3n) is 3.36. The molecule has 1 rings (SSSR count). The van der Waals surface area contributed by atoms with Gasteiger partial charge < -0.3 is 14.6 Å².